The van der Waals surface area contributed by atoms with Crippen LogP contribution in [0.2, 0.25) is 0 Å². The van der Waals surface area contributed by atoms with Crippen molar-refractivity contribution in [2.75, 3.05) is 6.54 Å². The van der Waals surface area contributed by atoms with Crippen molar-refractivity contribution in [3.8, 4) is 0 Å². The number of hydrogen-bond acceptors (Lipinski definition) is 4. The highest BCUT2D eigenvalue weighted by molar-refractivity contribution is 9.10. The fourth-order valence-electron chi connectivity index (χ4n) is 2.16. The van der Waals surface area contributed by atoms with Gasteiger partial charge >= 0.3 is 0 Å². The summed E-state index contributed by atoms with van der Waals surface area (Å²) in [6.07, 6.45) is 2.53. The van der Waals surface area contributed by atoms with E-state index in [1.807, 2.05) is 4.68 Å². The van der Waals surface area contributed by atoms with Gasteiger partial charge in [-0.25, -0.2) is 9.67 Å². The second kappa shape index (κ2) is 7.33. The fraction of sp³-hybridized carbons (Fsp3) is 0.571. The van der Waals surface area contributed by atoms with Crippen LogP contribution in [0.3, 0.4) is 0 Å². The highest BCUT2D eigenvalue weighted by atomic mass is 79.9. The van der Waals surface area contributed by atoms with E-state index in [0.29, 0.717) is 12.0 Å². The molecule has 0 spiro atoms. The van der Waals surface area contributed by atoms with E-state index in [1.165, 1.54) is 4.88 Å². The molecule has 110 valence electrons. The number of halogens is 1. The van der Waals surface area contributed by atoms with Gasteiger partial charge in [-0.2, -0.15) is 5.10 Å². The van der Waals surface area contributed by atoms with Crippen molar-refractivity contribution < 1.29 is 0 Å². The van der Waals surface area contributed by atoms with Crippen LogP contribution in [-0.4, -0.2) is 21.3 Å². The second-order valence-corrected chi connectivity index (χ2v) is 7.09. The zero-order valence-electron chi connectivity index (χ0n) is 12.1. The quantitative estimate of drug-likeness (QED) is 0.823. The smallest absolute Gasteiger partial charge is 0.138 e. The van der Waals surface area contributed by atoms with Crippen molar-refractivity contribution in [1.82, 2.24) is 20.1 Å². The van der Waals surface area contributed by atoms with Crippen LogP contribution < -0.4 is 5.32 Å². The minimum absolute atomic E-state index is 0.298. The first-order valence-corrected chi connectivity index (χ1v) is 8.61. The van der Waals surface area contributed by atoms with Gasteiger partial charge in [0.05, 0.1) is 0 Å². The van der Waals surface area contributed by atoms with Gasteiger partial charge in [-0.05, 0) is 34.5 Å². The molecule has 1 atom stereocenters. The van der Waals surface area contributed by atoms with Gasteiger partial charge in [0.25, 0.3) is 0 Å². The molecule has 1 unspecified atom stereocenters. The summed E-state index contributed by atoms with van der Waals surface area (Å²) in [6.45, 7) is 8.39. The molecule has 4 nitrogen and oxygen atoms in total. The molecule has 0 fully saturated rings. The Balaban J connectivity index is 2.14. The van der Waals surface area contributed by atoms with Gasteiger partial charge in [0.1, 0.15) is 12.2 Å². The lowest BCUT2D eigenvalue weighted by molar-refractivity contribution is 0.448. The first-order chi connectivity index (χ1) is 9.60. The van der Waals surface area contributed by atoms with Crippen molar-refractivity contribution >= 4 is 27.3 Å². The van der Waals surface area contributed by atoms with Crippen LogP contribution in [0.5, 0.6) is 0 Å². The van der Waals surface area contributed by atoms with Crippen molar-refractivity contribution in [2.45, 2.75) is 39.8 Å². The zero-order chi connectivity index (χ0) is 14.5. The Labute approximate surface area is 132 Å². The number of rotatable bonds is 7. The van der Waals surface area contributed by atoms with E-state index in [-0.39, 0.29) is 0 Å². The van der Waals surface area contributed by atoms with E-state index < -0.39 is 0 Å². The van der Waals surface area contributed by atoms with Gasteiger partial charge in [-0.3, -0.25) is 0 Å². The summed E-state index contributed by atoms with van der Waals surface area (Å²) in [5.41, 5.74) is 0. The first kappa shape index (κ1) is 15.7. The Bertz CT molecular complexity index is 535. The minimum Gasteiger partial charge on any atom is -0.309 e. The number of nitrogens with one attached hydrogen (secondary N) is 1. The van der Waals surface area contributed by atoms with Gasteiger partial charge in [0.2, 0.25) is 0 Å². The lowest BCUT2D eigenvalue weighted by atomic mass is 10.1. The molecule has 0 aliphatic carbocycles. The summed E-state index contributed by atoms with van der Waals surface area (Å²) in [6, 6.07) is 2.48. The lowest BCUT2D eigenvalue weighted by Gasteiger charge is -2.17. The van der Waals surface area contributed by atoms with Crippen LogP contribution in [0.25, 0.3) is 0 Å². The number of nitrogens with zero attached hydrogens (tertiary/aromatic N) is 3. The molecule has 2 rings (SSSR count). The van der Waals surface area contributed by atoms with E-state index >= 15 is 0 Å². The standard InChI is InChI=1S/C14H21BrN4S/c1-4-16-12(13-5-11(15)8-20-13)6-14-17-9-18-19(14)7-10(2)3/h5,8-10,12,16H,4,6-7H2,1-3H3. The third-order valence-corrected chi connectivity index (χ3v) is 4.81. The fourth-order valence-corrected chi connectivity index (χ4v) is 3.68. The molecule has 0 aliphatic heterocycles. The summed E-state index contributed by atoms with van der Waals surface area (Å²) in [5.74, 6) is 1.62. The first-order valence-electron chi connectivity index (χ1n) is 6.94. The summed E-state index contributed by atoms with van der Waals surface area (Å²) in [7, 11) is 0. The molecule has 0 aliphatic rings. The average Bonchev–Trinajstić information content (AvgIpc) is 2.98. The Morgan fingerprint density at radius 3 is 2.85 bits per heavy atom. The van der Waals surface area contributed by atoms with Crippen LogP contribution >= 0.6 is 27.3 Å². The van der Waals surface area contributed by atoms with Crippen molar-refractivity contribution in [1.29, 1.82) is 0 Å². The average molecular weight is 357 g/mol. The van der Waals surface area contributed by atoms with E-state index in [0.717, 1.165) is 29.8 Å². The molecule has 0 saturated heterocycles. The molecule has 2 heterocycles. The van der Waals surface area contributed by atoms with E-state index in [9.17, 15) is 0 Å². The molecule has 0 bridgehead atoms. The second-order valence-electron chi connectivity index (χ2n) is 5.23. The maximum absolute atomic E-state index is 4.43. The molecule has 20 heavy (non-hydrogen) atoms. The number of aromatic nitrogens is 3. The van der Waals surface area contributed by atoms with Gasteiger partial charge in [-0.1, -0.05) is 20.8 Å². The number of hydrogen-bond donors (Lipinski definition) is 1. The molecular formula is C14H21BrN4S. The van der Waals surface area contributed by atoms with Gasteiger partial charge in [0, 0.05) is 33.7 Å². The summed E-state index contributed by atoms with van der Waals surface area (Å²) >= 11 is 5.30. The van der Waals surface area contributed by atoms with Crippen molar-refractivity contribution in [3.05, 3.63) is 32.9 Å². The third kappa shape index (κ3) is 4.14. The van der Waals surface area contributed by atoms with Crippen LogP contribution in [0.4, 0.5) is 0 Å². The van der Waals surface area contributed by atoms with E-state index in [1.54, 1.807) is 17.7 Å². The Kier molecular flexibility index (Phi) is 5.74. The molecule has 0 radical (unpaired) electrons. The van der Waals surface area contributed by atoms with Crippen molar-refractivity contribution in [3.63, 3.8) is 0 Å². The molecule has 2 aromatic heterocycles. The van der Waals surface area contributed by atoms with Crippen molar-refractivity contribution in [2.24, 2.45) is 5.92 Å². The predicted octanol–water partition coefficient (Wildman–Crippen LogP) is 3.65. The van der Waals surface area contributed by atoms with E-state index in [2.05, 4.69) is 63.5 Å². The molecule has 6 heteroatoms. The summed E-state index contributed by atoms with van der Waals surface area (Å²) in [5, 5.41) is 10.0. The SMILES string of the molecule is CCNC(Cc1ncnn1CC(C)C)c1cc(Br)cs1. The molecule has 2 aromatic rings. The topological polar surface area (TPSA) is 42.7 Å². The predicted molar refractivity (Wildman–Crippen MR) is 87.0 cm³/mol. The third-order valence-electron chi connectivity index (χ3n) is 3.00. The van der Waals surface area contributed by atoms with Crippen LogP contribution in [0.1, 0.15) is 37.5 Å². The minimum atomic E-state index is 0.298. The normalized spacial score (nSPS) is 13.1. The molecule has 1 N–H and O–H groups in total. The van der Waals surface area contributed by atoms with Crippen LogP contribution in [-0.2, 0) is 13.0 Å². The maximum atomic E-state index is 4.43. The zero-order valence-corrected chi connectivity index (χ0v) is 14.5. The molecule has 0 saturated carbocycles. The largest absolute Gasteiger partial charge is 0.309 e. The Morgan fingerprint density at radius 2 is 2.25 bits per heavy atom. The van der Waals surface area contributed by atoms with E-state index in [4.69, 9.17) is 0 Å². The number of likely N-dealkylation sites (N-methyl/N-ethyl adjacent to an activating group) is 1. The van der Waals surface area contributed by atoms with Gasteiger partial charge < -0.3 is 5.32 Å². The maximum Gasteiger partial charge on any atom is 0.138 e. The summed E-state index contributed by atoms with van der Waals surface area (Å²) < 4.78 is 3.17. The summed E-state index contributed by atoms with van der Waals surface area (Å²) in [4.78, 5) is 5.76. The Morgan fingerprint density at radius 1 is 1.45 bits per heavy atom. The highest BCUT2D eigenvalue weighted by Crippen LogP contribution is 2.27. The van der Waals surface area contributed by atoms with Crippen LogP contribution in [0.15, 0.2) is 22.2 Å². The molecule has 0 amide bonds. The number of thiophene rings is 1. The van der Waals surface area contributed by atoms with Gasteiger partial charge in [-0.15, -0.1) is 11.3 Å². The Hall–Kier alpha value is -0.720. The lowest BCUT2D eigenvalue weighted by Crippen LogP contribution is -2.24. The molecular weight excluding hydrogens is 336 g/mol. The highest BCUT2D eigenvalue weighted by Gasteiger charge is 2.17. The van der Waals surface area contributed by atoms with Gasteiger partial charge in [0.15, 0.2) is 0 Å². The monoisotopic (exact) mass is 356 g/mol. The molecule has 0 aromatic carbocycles. The van der Waals surface area contributed by atoms with Crippen LogP contribution in [0, 0.1) is 5.92 Å².